The maximum atomic E-state index is 8.72. The molecule has 20 heavy (non-hydrogen) atoms. The van der Waals surface area contributed by atoms with Gasteiger partial charge in [-0.3, -0.25) is 4.90 Å². The standard InChI is InChI=1S/C14H19N3O3/c15-14(16-18)13-9-17(5-6-19-13)8-11-7-10-3-1-2-4-12(10)20-11/h1-4,11,13,18H,5-9H2,(H2,15,16). The van der Waals surface area contributed by atoms with E-state index in [9.17, 15) is 0 Å². The fourth-order valence-electron chi connectivity index (χ4n) is 2.76. The van der Waals surface area contributed by atoms with Crippen LogP contribution in [0.1, 0.15) is 5.56 Å². The molecule has 0 aromatic heterocycles. The van der Waals surface area contributed by atoms with E-state index in [1.807, 2.05) is 18.2 Å². The van der Waals surface area contributed by atoms with Gasteiger partial charge in [0.25, 0.3) is 0 Å². The van der Waals surface area contributed by atoms with Crippen molar-refractivity contribution in [3.8, 4) is 5.75 Å². The number of morpholine rings is 1. The minimum absolute atomic E-state index is 0.130. The van der Waals surface area contributed by atoms with E-state index in [0.717, 1.165) is 25.3 Å². The summed E-state index contributed by atoms with van der Waals surface area (Å²) in [4.78, 5) is 2.24. The van der Waals surface area contributed by atoms with Crippen LogP contribution >= 0.6 is 0 Å². The molecule has 2 aliphatic heterocycles. The summed E-state index contributed by atoms with van der Waals surface area (Å²) in [6.45, 7) is 2.88. The lowest BCUT2D eigenvalue weighted by molar-refractivity contribution is -0.00672. The van der Waals surface area contributed by atoms with Crippen LogP contribution in [0, 0.1) is 0 Å². The molecule has 1 saturated heterocycles. The highest BCUT2D eigenvalue weighted by molar-refractivity contribution is 5.84. The fraction of sp³-hybridized carbons (Fsp3) is 0.500. The predicted octanol–water partition coefficient (Wildman–Crippen LogP) is 0.437. The maximum Gasteiger partial charge on any atom is 0.169 e. The first-order valence-corrected chi connectivity index (χ1v) is 6.82. The van der Waals surface area contributed by atoms with Crippen LogP contribution in [0.25, 0.3) is 0 Å². The predicted molar refractivity (Wildman–Crippen MR) is 74.2 cm³/mol. The lowest BCUT2D eigenvalue weighted by Crippen LogP contribution is -2.50. The maximum absolute atomic E-state index is 8.72. The Bertz CT molecular complexity index is 481. The van der Waals surface area contributed by atoms with Crippen LogP contribution in [-0.2, 0) is 11.2 Å². The second kappa shape index (κ2) is 5.68. The van der Waals surface area contributed by atoms with E-state index in [1.54, 1.807) is 0 Å². The number of hydrogen-bond donors (Lipinski definition) is 2. The minimum atomic E-state index is -0.336. The zero-order valence-electron chi connectivity index (χ0n) is 11.2. The van der Waals surface area contributed by atoms with Crippen LogP contribution in [0.2, 0.25) is 0 Å². The Morgan fingerprint density at radius 2 is 2.30 bits per heavy atom. The Balaban J connectivity index is 1.57. The summed E-state index contributed by atoms with van der Waals surface area (Å²) in [5.41, 5.74) is 6.87. The van der Waals surface area contributed by atoms with E-state index >= 15 is 0 Å². The first-order chi connectivity index (χ1) is 9.76. The van der Waals surface area contributed by atoms with E-state index in [-0.39, 0.29) is 18.0 Å². The summed E-state index contributed by atoms with van der Waals surface area (Å²) in [5.74, 6) is 1.11. The molecule has 1 fully saturated rings. The Hall–Kier alpha value is -1.79. The van der Waals surface area contributed by atoms with Gasteiger partial charge in [0.2, 0.25) is 0 Å². The molecule has 6 heteroatoms. The first kappa shape index (κ1) is 13.2. The number of nitrogens with two attached hydrogens (primary N) is 1. The Labute approximate surface area is 117 Å². The van der Waals surface area contributed by atoms with Gasteiger partial charge in [0.15, 0.2) is 5.84 Å². The summed E-state index contributed by atoms with van der Waals surface area (Å²) in [7, 11) is 0. The summed E-state index contributed by atoms with van der Waals surface area (Å²) in [6, 6.07) is 8.14. The summed E-state index contributed by atoms with van der Waals surface area (Å²) >= 11 is 0. The van der Waals surface area contributed by atoms with E-state index in [2.05, 4.69) is 16.1 Å². The number of oxime groups is 1. The zero-order chi connectivity index (χ0) is 13.9. The van der Waals surface area contributed by atoms with Gasteiger partial charge in [-0.2, -0.15) is 0 Å². The lowest BCUT2D eigenvalue weighted by Gasteiger charge is -2.33. The molecule has 2 aliphatic rings. The van der Waals surface area contributed by atoms with Crippen molar-refractivity contribution in [2.45, 2.75) is 18.6 Å². The molecular weight excluding hydrogens is 258 g/mol. The molecule has 0 aliphatic carbocycles. The molecule has 0 amide bonds. The number of rotatable bonds is 3. The number of hydrogen-bond acceptors (Lipinski definition) is 5. The molecule has 6 nitrogen and oxygen atoms in total. The van der Waals surface area contributed by atoms with Gasteiger partial charge in [-0.25, -0.2) is 0 Å². The van der Waals surface area contributed by atoms with Gasteiger partial charge < -0.3 is 20.4 Å². The van der Waals surface area contributed by atoms with Crippen LogP contribution in [0.3, 0.4) is 0 Å². The summed E-state index contributed by atoms with van der Waals surface area (Å²) < 4.78 is 11.4. The third-order valence-corrected chi connectivity index (χ3v) is 3.77. The Morgan fingerprint density at radius 3 is 3.10 bits per heavy atom. The Kier molecular flexibility index (Phi) is 3.75. The molecule has 1 aromatic carbocycles. The molecule has 2 atom stereocenters. The number of fused-ring (bicyclic) bond motifs is 1. The molecule has 2 heterocycles. The van der Waals surface area contributed by atoms with Crippen molar-refractivity contribution in [2.24, 2.45) is 10.9 Å². The van der Waals surface area contributed by atoms with Gasteiger partial charge in [0, 0.05) is 26.1 Å². The smallest absolute Gasteiger partial charge is 0.169 e. The van der Waals surface area contributed by atoms with Gasteiger partial charge in [0.05, 0.1) is 6.61 Å². The average molecular weight is 277 g/mol. The second-order valence-corrected chi connectivity index (χ2v) is 5.20. The number of amidine groups is 1. The van der Waals surface area contributed by atoms with E-state index < -0.39 is 0 Å². The molecule has 0 bridgehead atoms. The third-order valence-electron chi connectivity index (χ3n) is 3.77. The zero-order valence-corrected chi connectivity index (χ0v) is 11.2. The molecule has 3 N–H and O–H groups in total. The quantitative estimate of drug-likeness (QED) is 0.363. The molecule has 0 saturated carbocycles. The molecule has 3 rings (SSSR count). The largest absolute Gasteiger partial charge is 0.488 e. The van der Waals surface area contributed by atoms with Crippen molar-refractivity contribution in [1.82, 2.24) is 4.90 Å². The minimum Gasteiger partial charge on any atom is -0.488 e. The van der Waals surface area contributed by atoms with Crippen LogP contribution in [-0.4, -0.2) is 54.4 Å². The highest BCUT2D eigenvalue weighted by Gasteiger charge is 2.29. The highest BCUT2D eigenvalue weighted by atomic mass is 16.5. The number of ether oxygens (including phenoxy) is 2. The van der Waals surface area contributed by atoms with E-state index in [4.69, 9.17) is 20.4 Å². The monoisotopic (exact) mass is 277 g/mol. The molecule has 108 valence electrons. The van der Waals surface area contributed by atoms with E-state index in [1.165, 1.54) is 5.56 Å². The summed E-state index contributed by atoms with van der Waals surface area (Å²) in [6.07, 6.45) is 0.762. The molecule has 2 unspecified atom stereocenters. The van der Waals surface area contributed by atoms with Gasteiger partial charge in [-0.15, -0.1) is 0 Å². The van der Waals surface area contributed by atoms with Crippen LogP contribution < -0.4 is 10.5 Å². The number of para-hydroxylation sites is 1. The SMILES string of the molecule is NC(=NO)C1CN(CC2Cc3ccccc3O2)CCO1. The molecule has 1 aromatic rings. The normalized spacial score (nSPS) is 27.1. The van der Waals surface area contributed by atoms with Crippen molar-refractivity contribution < 1.29 is 14.7 Å². The molecule has 0 radical (unpaired) electrons. The fourth-order valence-corrected chi connectivity index (χ4v) is 2.76. The molecule has 0 spiro atoms. The van der Waals surface area contributed by atoms with Crippen molar-refractivity contribution >= 4 is 5.84 Å². The van der Waals surface area contributed by atoms with E-state index in [0.29, 0.717) is 13.2 Å². The second-order valence-electron chi connectivity index (χ2n) is 5.20. The molecular formula is C14H19N3O3. The van der Waals surface area contributed by atoms with Crippen molar-refractivity contribution in [3.05, 3.63) is 29.8 Å². The van der Waals surface area contributed by atoms with Crippen molar-refractivity contribution in [3.63, 3.8) is 0 Å². The topological polar surface area (TPSA) is 80.3 Å². The van der Waals surface area contributed by atoms with Crippen LogP contribution in [0.15, 0.2) is 29.4 Å². The van der Waals surface area contributed by atoms with Crippen LogP contribution in [0.5, 0.6) is 5.75 Å². The van der Waals surface area contributed by atoms with Gasteiger partial charge in [-0.1, -0.05) is 23.4 Å². The first-order valence-electron chi connectivity index (χ1n) is 6.82. The average Bonchev–Trinajstić information content (AvgIpc) is 2.88. The summed E-state index contributed by atoms with van der Waals surface area (Å²) in [5, 5.41) is 11.7. The highest BCUT2D eigenvalue weighted by Crippen LogP contribution is 2.28. The number of nitrogens with zero attached hydrogens (tertiary/aromatic N) is 2. The third kappa shape index (κ3) is 2.71. The van der Waals surface area contributed by atoms with Crippen molar-refractivity contribution in [1.29, 1.82) is 0 Å². The van der Waals surface area contributed by atoms with Gasteiger partial charge in [-0.05, 0) is 11.6 Å². The van der Waals surface area contributed by atoms with Gasteiger partial charge in [0.1, 0.15) is 18.0 Å². The van der Waals surface area contributed by atoms with Gasteiger partial charge >= 0.3 is 0 Å². The Morgan fingerprint density at radius 1 is 1.45 bits per heavy atom. The van der Waals surface area contributed by atoms with Crippen LogP contribution in [0.4, 0.5) is 0 Å². The lowest BCUT2D eigenvalue weighted by atomic mass is 10.1. The van der Waals surface area contributed by atoms with Crippen molar-refractivity contribution in [2.75, 3.05) is 26.2 Å². The number of benzene rings is 1.